The summed E-state index contributed by atoms with van der Waals surface area (Å²) in [5, 5.41) is 5.38. The first kappa shape index (κ1) is 14.2. The molecule has 0 aliphatic carbocycles. The fourth-order valence-electron chi connectivity index (χ4n) is 1.43. The molecule has 2 amide bonds. The van der Waals surface area contributed by atoms with Crippen molar-refractivity contribution in [1.29, 1.82) is 0 Å². The zero-order valence-electron chi connectivity index (χ0n) is 10.3. The fourth-order valence-corrected chi connectivity index (χ4v) is 1.43. The zero-order valence-corrected chi connectivity index (χ0v) is 10.3. The van der Waals surface area contributed by atoms with Crippen molar-refractivity contribution in [1.82, 2.24) is 10.6 Å². The van der Waals surface area contributed by atoms with Crippen LogP contribution in [0.4, 0.5) is 4.39 Å². The Labute approximate surface area is 106 Å². The summed E-state index contributed by atoms with van der Waals surface area (Å²) in [4.78, 5) is 22.1. The molecule has 0 spiro atoms. The Hall–Kier alpha value is -1.91. The van der Waals surface area contributed by atoms with Gasteiger partial charge >= 0.3 is 0 Å². The lowest BCUT2D eigenvalue weighted by atomic mass is 10.1. The van der Waals surface area contributed by atoms with E-state index in [1.807, 2.05) is 0 Å². The van der Waals surface area contributed by atoms with Crippen molar-refractivity contribution in [2.45, 2.75) is 19.8 Å². The molecule has 0 atom stereocenters. The lowest BCUT2D eigenvalue weighted by molar-refractivity contribution is -0.120. The average Bonchev–Trinajstić information content (AvgIpc) is 2.31. The van der Waals surface area contributed by atoms with Crippen LogP contribution in [0.2, 0.25) is 0 Å². The molecule has 0 unspecified atom stereocenters. The number of carbonyl (C=O) groups excluding carboxylic acids is 2. The maximum absolute atomic E-state index is 12.6. The van der Waals surface area contributed by atoms with E-state index in [4.69, 9.17) is 0 Å². The summed E-state index contributed by atoms with van der Waals surface area (Å²) in [6.07, 6.45) is 0.926. The lowest BCUT2D eigenvalue weighted by Crippen LogP contribution is -2.29. The maximum atomic E-state index is 12.6. The van der Waals surface area contributed by atoms with E-state index in [1.54, 1.807) is 12.1 Å². The minimum Gasteiger partial charge on any atom is -0.356 e. The predicted octanol–water partition coefficient (Wildman–Crippen LogP) is 1.01. The second kappa shape index (κ2) is 7.42. The normalized spacial score (nSPS) is 9.89. The third-order valence-electron chi connectivity index (χ3n) is 2.33. The third kappa shape index (κ3) is 5.98. The van der Waals surface area contributed by atoms with Crippen molar-refractivity contribution in [2.24, 2.45) is 0 Å². The fraction of sp³-hybridized carbons (Fsp3) is 0.385. The van der Waals surface area contributed by atoms with Crippen LogP contribution >= 0.6 is 0 Å². The molecule has 0 aliphatic heterocycles. The van der Waals surface area contributed by atoms with Gasteiger partial charge in [-0.3, -0.25) is 9.59 Å². The highest BCUT2D eigenvalue weighted by Gasteiger charge is 2.02. The number of rotatable bonds is 6. The Bertz CT molecular complexity index is 404. The van der Waals surface area contributed by atoms with Gasteiger partial charge in [0, 0.05) is 20.0 Å². The summed E-state index contributed by atoms with van der Waals surface area (Å²) in [6, 6.07) is 5.84. The van der Waals surface area contributed by atoms with E-state index in [9.17, 15) is 14.0 Å². The molecular formula is C13H17FN2O2. The number of carbonyl (C=O) groups is 2. The van der Waals surface area contributed by atoms with E-state index in [0.717, 1.165) is 5.56 Å². The smallest absolute Gasteiger partial charge is 0.224 e. The van der Waals surface area contributed by atoms with Gasteiger partial charge in [-0.25, -0.2) is 4.39 Å². The maximum Gasteiger partial charge on any atom is 0.224 e. The molecule has 1 rings (SSSR count). The summed E-state index contributed by atoms with van der Waals surface area (Å²) in [5.41, 5.74) is 0.774. The summed E-state index contributed by atoms with van der Waals surface area (Å²) in [7, 11) is 0. The SMILES string of the molecule is CC(=O)NCCCNC(=O)Cc1ccc(F)cc1. The van der Waals surface area contributed by atoms with E-state index in [-0.39, 0.29) is 24.1 Å². The number of benzene rings is 1. The Morgan fingerprint density at radius 1 is 1.11 bits per heavy atom. The highest BCUT2D eigenvalue weighted by molar-refractivity contribution is 5.78. The van der Waals surface area contributed by atoms with Crippen molar-refractivity contribution in [3.05, 3.63) is 35.6 Å². The van der Waals surface area contributed by atoms with Gasteiger partial charge in [0.05, 0.1) is 6.42 Å². The van der Waals surface area contributed by atoms with Gasteiger partial charge in [-0.15, -0.1) is 0 Å². The van der Waals surface area contributed by atoms with Crippen molar-refractivity contribution in [3.63, 3.8) is 0 Å². The van der Waals surface area contributed by atoms with Gasteiger partial charge in [0.15, 0.2) is 0 Å². The second-order valence-electron chi connectivity index (χ2n) is 3.99. The van der Waals surface area contributed by atoms with Crippen LogP contribution < -0.4 is 10.6 Å². The molecule has 0 heterocycles. The minimum absolute atomic E-state index is 0.0763. The molecule has 0 fully saturated rings. The molecule has 4 nitrogen and oxygen atoms in total. The molecule has 0 bridgehead atoms. The summed E-state index contributed by atoms with van der Waals surface area (Å²) >= 11 is 0. The van der Waals surface area contributed by atoms with Gasteiger partial charge in [0.2, 0.25) is 11.8 Å². The molecule has 0 aliphatic rings. The first-order valence-corrected chi connectivity index (χ1v) is 5.83. The lowest BCUT2D eigenvalue weighted by Gasteiger charge is -2.05. The number of halogens is 1. The Balaban J connectivity index is 2.17. The van der Waals surface area contributed by atoms with Crippen LogP contribution in [-0.4, -0.2) is 24.9 Å². The van der Waals surface area contributed by atoms with Crippen LogP contribution in [-0.2, 0) is 16.0 Å². The monoisotopic (exact) mass is 252 g/mol. The van der Waals surface area contributed by atoms with Crippen molar-refractivity contribution >= 4 is 11.8 Å². The molecule has 0 saturated carbocycles. The van der Waals surface area contributed by atoms with Crippen molar-refractivity contribution < 1.29 is 14.0 Å². The van der Waals surface area contributed by atoms with Gasteiger partial charge in [-0.2, -0.15) is 0 Å². The molecule has 1 aromatic rings. The Morgan fingerprint density at radius 3 is 2.33 bits per heavy atom. The zero-order chi connectivity index (χ0) is 13.4. The van der Waals surface area contributed by atoms with Gasteiger partial charge in [-0.1, -0.05) is 12.1 Å². The van der Waals surface area contributed by atoms with E-state index in [1.165, 1.54) is 19.1 Å². The topological polar surface area (TPSA) is 58.2 Å². The molecule has 98 valence electrons. The Morgan fingerprint density at radius 2 is 1.72 bits per heavy atom. The van der Waals surface area contributed by atoms with Gasteiger partial charge in [0.25, 0.3) is 0 Å². The molecule has 0 radical (unpaired) electrons. The van der Waals surface area contributed by atoms with Gasteiger partial charge in [0.1, 0.15) is 5.82 Å². The van der Waals surface area contributed by atoms with Gasteiger partial charge in [-0.05, 0) is 24.1 Å². The van der Waals surface area contributed by atoms with Crippen LogP contribution in [0.5, 0.6) is 0 Å². The van der Waals surface area contributed by atoms with E-state index in [0.29, 0.717) is 19.5 Å². The van der Waals surface area contributed by atoms with E-state index < -0.39 is 0 Å². The first-order chi connectivity index (χ1) is 8.58. The third-order valence-corrected chi connectivity index (χ3v) is 2.33. The Kier molecular flexibility index (Phi) is 5.84. The summed E-state index contributed by atoms with van der Waals surface area (Å²) in [5.74, 6) is -0.494. The van der Waals surface area contributed by atoms with Gasteiger partial charge < -0.3 is 10.6 Å². The average molecular weight is 252 g/mol. The van der Waals surface area contributed by atoms with Crippen LogP contribution in [0.15, 0.2) is 24.3 Å². The molecule has 0 aromatic heterocycles. The van der Waals surface area contributed by atoms with Crippen molar-refractivity contribution in [3.8, 4) is 0 Å². The second-order valence-corrected chi connectivity index (χ2v) is 3.99. The van der Waals surface area contributed by atoms with Crippen molar-refractivity contribution in [2.75, 3.05) is 13.1 Å². The number of nitrogens with one attached hydrogen (secondary N) is 2. The van der Waals surface area contributed by atoms with E-state index in [2.05, 4.69) is 10.6 Å². The quantitative estimate of drug-likeness (QED) is 0.742. The number of hydrogen-bond acceptors (Lipinski definition) is 2. The number of hydrogen-bond donors (Lipinski definition) is 2. The van der Waals surface area contributed by atoms with Crippen LogP contribution in [0.3, 0.4) is 0 Å². The minimum atomic E-state index is -0.311. The molecule has 5 heteroatoms. The van der Waals surface area contributed by atoms with E-state index >= 15 is 0 Å². The summed E-state index contributed by atoms with van der Waals surface area (Å²) in [6.45, 7) is 2.51. The van der Waals surface area contributed by atoms with Crippen LogP contribution in [0, 0.1) is 5.82 Å². The largest absolute Gasteiger partial charge is 0.356 e. The number of amides is 2. The van der Waals surface area contributed by atoms with Crippen LogP contribution in [0.25, 0.3) is 0 Å². The first-order valence-electron chi connectivity index (χ1n) is 5.83. The van der Waals surface area contributed by atoms with Crippen LogP contribution in [0.1, 0.15) is 18.9 Å². The predicted molar refractivity (Wildman–Crippen MR) is 66.4 cm³/mol. The molecule has 0 saturated heterocycles. The summed E-state index contributed by atoms with van der Waals surface area (Å²) < 4.78 is 12.6. The highest BCUT2D eigenvalue weighted by Crippen LogP contribution is 2.03. The standard InChI is InChI=1S/C13H17FN2O2/c1-10(17)15-7-2-8-16-13(18)9-11-3-5-12(14)6-4-11/h3-6H,2,7-9H2,1H3,(H,15,17)(H,16,18). The molecular weight excluding hydrogens is 235 g/mol. The molecule has 2 N–H and O–H groups in total. The highest BCUT2D eigenvalue weighted by atomic mass is 19.1. The molecule has 1 aromatic carbocycles. The molecule has 18 heavy (non-hydrogen) atoms.